The van der Waals surface area contributed by atoms with Crippen molar-refractivity contribution in [3.05, 3.63) is 24.3 Å². The summed E-state index contributed by atoms with van der Waals surface area (Å²) in [6.45, 7) is 2.81. The number of piperidine rings is 2. The van der Waals surface area contributed by atoms with Crippen LogP contribution in [0.15, 0.2) is 24.3 Å². The summed E-state index contributed by atoms with van der Waals surface area (Å²) in [5.74, 6) is 1.38. The number of hydrogen-bond donors (Lipinski definition) is 0. The molecule has 0 unspecified atom stereocenters. The number of nitrogens with zero attached hydrogens (tertiary/aromatic N) is 3. The number of methoxy groups -OCH3 is 1. The van der Waals surface area contributed by atoms with Gasteiger partial charge in [-0.2, -0.15) is 0 Å². The number of carbonyl (C=O) groups excluding carboxylic acids is 2. The number of ether oxygens (including phenoxy) is 1. The lowest BCUT2D eigenvalue weighted by Gasteiger charge is -2.40. The number of carbonyl (C=O) groups is 2. The Morgan fingerprint density at radius 1 is 0.968 bits per heavy atom. The summed E-state index contributed by atoms with van der Waals surface area (Å²) in [7, 11) is -1.54. The third-order valence-electron chi connectivity index (χ3n) is 7.08. The quantitative estimate of drug-likeness (QED) is 0.636. The molecule has 0 aliphatic carbocycles. The second kappa shape index (κ2) is 8.88. The van der Waals surface area contributed by atoms with Crippen LogP contribution in [0.3, 0.4) is 0 Å². The molecule has 0 bridgehead atoms. The van der Waals surface area contributed by atoms with Crippen molar-refractivity contribution in [1.29, 1.82) is 0 Å². The van der Waals surface area contributed by atoms with Crippen molar-refractivity contribution in [3.8, 4) is 5.75 Å². The molecule has 3 aliphatic heterocycles. The number of sulfonamides is 1. The maximum atomic E-state index is 13.1. The van der Waals surface area contributed by atoms with Crippen molar-refractivity contribution in [2.45, 2.75) is 38.1 Å². The molecule has 9 heteroatoms. The van der Waals surface area contributed by atoms with E-state index in [0.29, 0.717) is 36.4 Å². The Morgan fingerprint density at radius 2 is 1.58 bits per heavy atom. The van der Waals surface area contributed by atoms with Crippen molar-refractivity contribution >= 4 is 27.5 Å². The van der Waals surface area contributed by atoms with E-state index in [0.717, 1.165) is 38.8 Å². The first-order valence-corrected chi connectivity index (χ1v) is 12.8. The van der Waals surface area contributed by atoms with Gasteiger partial charge in [0.1, 0.15) is 5.75 Å². The fourth-order valence-electron chi connectivity index (χ4n) is 5.30. The van der Waals surface area contributed by atoms with Crippen LogP contribution in [0.4, 0.5) is 5.69 Å². The van der Waals surface area contributed by atoms with Gasteiger partial charge >= 0.3 is 0 Å². The Labute approximate surface area is 184 Å². The molecule has 31 heavy (non-hydrogen) atoms. The number of imide groups is 1. The first-order valence-electron chi connectivity index (χ1n) is 11.0. The zero-order valence-electron chi connectivity index (χ0n) is 18.2. The maximum Gasteiger partial charge on any atom is 0.251 e. The fraction of sp³-hybridized carbons (Fsp3) is 0.636. The molecule has 0 N–H and O–H groups in total. The molecular weight excluding hydrogens is 418 g/mol. The maximum absolute atomic E-state index is 13.1. The van der Waals surface area contributed by atoms with Crippen LogP contribution < -0.4 is 9.64 Å². The molecular formula is C22H31N3O5S. The number of rotatable bonds is 5. The molecule has 1 aromatic rings. The summed E-state index contributed by atoms with van der Waals surface area (Å²) >= 11 is 0. The summed E-state index contributed by atoms with van der Waals surface area (Å²) in [5.41, 5.74) is 0.560. The van der Waals surface area contributed by atoms with E-state index < -0.39 is 16.1 Å². The van der Waals surface area contributed by atoms with Crippen molar-refractivity contribution < 1.29 is 22.7 Å². The molecule has 3 heterocycles. The largest absolute Gasteiger partial charge is 0.497 e. The van der Waals surface area contributed by atoms with Crippen molar-refractivity contribution in [3.63, 3.8) is 0 Å². The van der Waals surface area contributed by atoms with Crippen molar-refractivity contribution in [1.82, 2.24) is 9.21 Å². The average molecular weight is 450 g/mol. The summed E-state index contributed by atoms with van der Waals surface area (Å²) in [6.07, 6.45) is 5.28. The molecule has 2 amide bonds. The summed E-state index contributed by atoms with van der Waals surface area (Å²) < 4.78 is 30.3. The second-order valence-electron chi connectivity index (χ2n) is 8.86. The van der Waals surface area contributed by atoms with Gasteiger partial charge in [-0.15, -0.1) is 0 Å². The molecule has 1 atom stereocenters. The molecule has 8 nitrogen and oxygen atoms in total. The highest BCUT2D eigenvalue weighted by Gasteiger charge is 2.44. The van der Waals surface area contributed by atoms with Gasteiger partial charge in [-0.1, -0.05) is 6.07 Å². The van der Waals surface area contributed by atoms with Crippen LogP contribution in [-0.4, -0.2) is 75.0 Å². The van der Waals surface area contributed by atoms with Crippen LogP contribution in [0.25, 0.3) is 0 Å². The lowest BCUT2D eigenvalue weighted by atomic mass is 9.79. The van der Waals surface area contributed by atoms with Gasteiger partial charge in [0.25, 0.3) is 5.91 Å². The van der Waals surface area contributed by atoms with E-state index in [1.165, 1.54) is 11.2 Å². The summed E-state index contributed by atoms with van der Waals surface area (Å²) in [4.78, 5) is 29.2. The van der Waals surface area contributed by atoms with Gasteiger partial charge in [0, 0.05) is 19.2 Å². The lowest BCUT2D eigenvalue weighted by Crippen LogP contribution is -2.47. The smallest absolute Gasteiger partial charge is 0.251 e. The topological polar surface area (TPSA) is 87.2 Å². The van der Waals surface area contributed by atoms with E-state index in [-0.39, 0.29) is 18.2 Å². The van der Waals surface area contributed by atoms with Gasteiger partial charge < -0.3 is 4.74 Å². The average Bonchev–Trinajstić information content (AvgIpc) is 3.07. The minimum Gasteiger partial charge on any atom is -0.497 e. The van der Waals surface area contributed by atoms with Crippen LogP contribution in [-0.2, 0) is 19.6 Å². The van der Waals surface area contributed by atoms with Crippen molar-refractivity contribution in [2.75, 3.05) is 44.4 Å². The first kappa shape index (κ1) is 22.2. The summed E-state index contributed by atoms with van der Waals surface area (Å²) in [5, 5.41) is 0. The van der Waals surface area contributed by atoms with Gasteiger partial charge in [0.2, 0.25) is 15.9 Å². The number of anilines is 1. The van der Waals surface area contributed by atoms with E-state index in [9.17, 15) is 18.0 Å². The predicted octanol–water partition coefficient (Wildman–Crippen LogP) is 1.71. The van der Waals surface area contributed by atoms with Crippen LogP contribution in [0.5, 0.6) is 5.75 Å². The normalized spacial score (nSPS) is 25.4. The van der Waals surface area contributed by atoms with Gasteiger partial charge in [0.05, 0.1) is 31.5 Å². The van der Waals surface area contributed by atoms with Crippen molar-refractivity contribution in [2.24, 2.45) is 11.8 Å². The number of benzene rings is 1. The lowest BCUT2D eigenvalue weighted by molar-refractivity contribution is -0.123. The molecule has 0 radical (unpaired) electrons. The van der Waals surface area contributed by atoms with Crippen LogP contribution in [0.2, 0.25) is 0 Å². The molecule has 3 saturated heterocycles. The minimum absolute atomic E-state index is 0.154. The van der Waals surface area contributed by atoms with E-state index in [1.54, 1.807) is 35.7 Å². The van der Waals surface area contributed by atoms with Gasteiger partial charge in [-0.25, -0.2) is 17.6 Å². The summed E-state index contributed by atoms with van der Waals surface area (Å²) in [6, 6.07) is 6.65. The number of amides is 2. The Bertz CT molecular complexity index is 934. The molecule has 0 aromatic heterocycles. The SMILES string of the molecule is COc1cccc(N2C(=O)C[C@H](N3CCC(C4CCN(S(C)(=O)=O)CC4)CC3)C2=O)c1. The van der Waals surface area contributed by atoms with Crippen LogP contribution >= 0.6 is 0 Å². The third kappa shape index (κ3) is 4.63. The molecule has 3 fully saturated rings. The molecule has 3 aliphatic rings. The number of likely N-dealkylation sites (tertiary alicyclic amines) is 1. The Balaban J connectivity index is 1.34. The van der Waals surface area contributed by atoms with E-state index in [4.69, 9.17) is 4.74 Å². The third-order valence-corrected chi connectivity index (χ3v) is 8.39. The highest BCUT2D eigenvalue weighted by Crippen LogP contribution is 2.35. The molecule has 1 aromatic carbocycles. The van der Waals surface area contributed by atoms with Crippen LogP contribution in [0, 0.1) is 11.8 Å². The molecule has 0 saturated carbocycles. The van der Waals surface area contributed by atoms with E-state index in [1.807, 2.05) is 0 Å². The molecule has 0 spiro atoms. The molecule has 4 rings (SSSR count). The van der Waals surface area contributed by atoms with Gasteiger partial charge in [-0.3, -0.25) is 14.5 Å². The van der Waals surface area contributed by atoms with E-state index >= 15 is 0 Å². The zero-order valence-corrected chi connectivity index (χ0v) is 19.0. The Hall–Kier alpha value is -1.97. The fourth-order valence-corrected chi connectivity index (χ4v) is 6.18. The van der Waals surface area contributed by atoms with Gasteiger partial charge in [0.15, 0.2) is 0 Å². The Kier molecular flexibility index (Phi) is 6.37. The zero-order chi connectivity index (χ0) is 22.2. The van der Waals surface area contributed by atoms with Crippen LogP contribution in [0.1, 0.15) is 32.1 Å². The monoisotopic (exact) mass is 449 g/mol. The van der Waals surface area contributed by atoms with E-state index in [2.05, 4.69) is 4.90 Å². The standard InChI is InChI=1S/C22H31N3O5S/c1-30-19-5-3-4-18(14-19)25-21(26)15-20(22(25)27)23-10-6-16(7-11-23)17-8-12-24(13-9-17)31(2,28)29/h3-5,14,16-17,20H,6-13,15H2,1-2H3/t20-/m0/s1. The highest BCUT2D eigenvalue weighted by atomic mass is 32.2. The molecule has 170 valence electrons. The minimum atomic E-state index is -3.10. The first-order chi connectivity index (χ1) is 14.8. The number of hydrogen-bond acceptors (Lipinski definition) is 6. The predicted molar refractivity (Wildman–Crippen MR) is 117 cm³/mol. The highest BCUT2D eigenvalue weighted by molar-refractivity contribution is 7.88. The Morgan fingerprint density at radius 3 is 2.16 bits per heavy atom. The van der Waals surface area contributed by atoms with Gasteiger partial charge in [-0.05, 0) is 62.7 Å². The second-order valence-corrected chi connectivity index (χ2v) is 10.8.